The van der Waals surface area contributed by atoms with E-state index in [1.807, 2.05) is 54.9 Å². The number of aromatic nitrogens is 3. The Morgan fingerprint density at radius 2 is 2.08 bits per heavy atom. The van der Waals surface area contributed by atoms with Crippen LogP contribution in [-0.2, 0) is 19.6 Å². The molecule has 0 aliphatic rings. The topological polar surface area (TPSA) is 67.3 Å². The molecule has 0 radical (unpaired) electrons. The van der Waals surface area contributed by atoms with Gasteiger partial charge in [0.1, 0.15) is 5.76 Å². The molecule has 6 nitrogen and oxygen atoms in total. The third-order valence-electron chi connectivity index (χ3n) is 4.03. The Morgan fingerprint density at radius 3 is 2.72 bits per heavy atom. The van der Waals surface area contributed by atoms with E-state index in [4.69, 9.17) is 4.42 Å². The minimum absolute atomic E-state index is 0.469. The summed E-state index contributed by atoms with van der Waals surface area (Å²) in [7, 11) is 0. The Bertz CT molecular complexity index is 768. The van der Waals surface area contributed by atoms with Gasteiger partial charge in [-0.2, -0.15) is 5.10 Å². The van der Waals surface area contributed by atoms with Crippen LogP contribution >= 0.6 is 0 Å². The molecule has 3 rings (SSSR count). The maximum absolute atomic E-state index is 10.6. The number of aryl methyl sites for hydroxylation is 2. The van der Waals surface area contributed by atoms with E-state index in [-0.39, 0.29) is 0 Å². The smallest absolute Gasteiger partial charge is 0.117 e. The lowest BCUT2D eigenvalue weighted by Gasteiger charge is -2.24. The average molecular weight is 340 g/mol. The van der Waals surface area contributed by atoms with Crippen LogP contribution in [0.3, 0.4) is 0 Å². The number of hydrogen-bond donors (Lipinski definition) is 1. The third-order valence-corrected chi connectivity index (χ3v) is 4.03. The number of furan rings is 1. The van der Waals surface area contributed by atoms with Crippen LogP contribution in [0, 0.1) is 13.8 Å². The molecule has 0 saturated carbocycles. The molecule has 3 aromatic heterocycles. The van der Waals surface area contributed by atoms with Crippen LogP contribution in [0.4, 0.5) is 0 Å². The normalized spacial score (nSPS) is 12.6. The predicted octanol–water partition coefficient (Wildman–Crippen LogP) is 2.55. The van der Waals surface area contributed by atoms with Crippen molar-refractivity contribution in [2.24, 2.45) is 0 Å². The van der Waals surface area contributed by atoms with Gasteiger partial charge in [-0.25, -0.2) is 0 Å². The predicted molar refractivity (Wildman–Crippen MR) is 94.8 cm³/mol. The molecule has 25 heavy (non-hydrogen) atoms. The highest BCUT2D eigenvalue weighted by molar-refractivity contribution is 5.07. The lowest BCUT2D eigenvalue weighted by Crippen LogP contribution is -2.34. The van der Waals surface area contributed by atoms with Crippen LogP contribution < -0.4 is 0 Å². The summed E-state index contributed by atoms with van der Waals surface area (Å²) in [5.74, 6) is 0.870. The van der Waals surface area contributed by atoms with Crippen molar-refractivity contribution in [3.8, 4) is 0 Å². The summed E-state index contributed by atoms with van der Waals surface area (Å²) >= 11 is 0. The van der Waals surface area contributed by atoms with Crippen LogP contribution in [0.5, 0.6) is 0 Å². The molecule has 0 spiro atoms. The molecule has 132 valence electrons. The van der Waals surface area contributed by atoms with Gasteiger partial charge in [0.05, 0.1) is 36.8 Å². The van der Waals surface area contributed by atoms with E-state index in [0.717, 1.165) is 22.8 Å². The largest absolute Gasteiger partial charge is 0.468 e. The average Bonchev–Trinajstić information content (AvgIpc) is 3.18. The number of hydrogen-bond acceptors (Lipinski definition) is 5. The molecular weight excluding hydrogens is 316 g/mol. The van der Waals surface area contributed by atoms with Crippen molar-refractivity contribution < 1.29 is 9.52 Å². The molecule has 0 unspecified atom stereocenters. The summed E-state index contributed by atoms with van der Waals surface area (Å²) in [5, 5.41) is 15.0. The Labute approximate surface area is 147 Å². The van der Waals surface area contributed by atoms with E-state index >= 15 is 0 Å². The SMILES string of the molecule is Cc1cc(C)n(C[C@H](O)CN(Cc2ccccn2)Cc2ccco2)n1. The Hall–Kier alpha value is -2.44. The van der Waals surface area contributed by atoms with Crippen molar-refractivity contribution >= 4 is 0 Å². The van der Waals surface area contributed by atoms with Crippen molar-refractivity contribution in [2.75, 3.05) is 6.54 Å². The second-order valence-electron chi connectivity index (χ2n) is 6.33. The third kappa shape index (κ3) is 5.01. The molecule has 6 heteroatoms. The molecule has 1 N–H and O–H groups in total. The van der Waals surface area contributed by atoms with Gasteiger partial charge in [0.15, 0.2) is 0 Å². The van der Waals surface area contributed by atoms with Crippen LogP contribution in [0.1, 0.15) is 22.8 Å². The van der Waals surface area contributed by atoms with Gasteiger partial charge in [0.2, 0.25) is 0 Å². The van der Waals surface area contributed by atoms with E-state index in [0.29, 0.717) is 26.2 Å². The molecule has 0 aliphatic carbocycles. The van der Waals surface area contributed by atoms with Crippen molar-refractivity contribution in [1.29, 1.82) is 0 Å². The lowest BCUT2D eigenvalue weighted by atomic mass is 10.2. The Morgan fingerprint density at radius 1 is 1.20 bits per heavy atom. The van der Waals surface area contributed by atoms with Crippen molar-refractivity contribution in [2.45, 2.75) is 39.6 Å². The molecule has 0 aliphatic heterocycles. The van der Waals surface area contributed by atoms with Crippen LogP contribution in [-0.4, -0.2) is 37.4 Å². The fraction of sp³-hybridized carbons (Fsp3) is 0.368. The van der Waals surface area contributed by atoms with Gasteiger partial charge in [0, 0.05) is 25.0 Å². The summed E-state index contributed by atoms with van der Waals surface area (Å²) < 4.78 is 7.32. The van der Waals surface area contributed by atoms with E-state index in [1.165, 1.54) is 0 Å². The highest BCUT2D eigenvalue weighted by atomic mass is 16.3. The minimum Gasteiger partial charge on any atom is -0.468 e. The van der Waals surface area contributed by atoms with Gasteiger partial charge in [-0.05, 0) is 44.2 Å². The number of aliphatic hydroxyl groups excluding tert-OH is 1. The first kappa shape index (κ1) is 17.4. The molecule has 0 saturated heterocycles. The van der Waals surface area contributed by atoms with Gasteiger partial charge in [0.25, 0.3) is 0 Å². The zero-order chi connectivity index (χ0) is 17.6. The number of pyridine rings is 1. The molecule has 0 bridgehead atoms. The second-order valence-corrected chi connectivity index (χ2v) is 6.33. The first-order valence-corrected chi connectivity index (χ1v) is 8.44. The summed E-state index contributed by atoms with van der Waals surface area (Å²) in [6, 6.07) is 11.7. The van der Waals surface area contributed by atoms with Gasteiger partial charge in [-0.15, -0.1) is 0 Å². The fourth-order valence-electron chi connectivity index (χ4n) is 2.94. The number of rotatable bonds is 8. The van der Waals surface area contributed by atoms with Crippen LogP contribution in [0.25, 0.3) is 0 Å². The first-order chi connectivity index (χ1) is 12.1. The minimum atomic E-state index is -0.531. The molecule has 3 heterocycles. The molecule has 3 aromatic rings. The second kappa shape index (κ2) is 8.09. The monoisotopic (exact) mass is 340 g/mol. The van der Waals surface area contributed by atoms with E-state index in [2.05, 4.69) is 15.0 Å². The number of nitrogens with zero attached hydrogens (tertiary/aromatic N) is 4. The van der Waals surface area contributed by atoms with Crippen LogP contribution in [0.2, 0.25) is 0 Å². The maximum Gasteiger partial charge on any atom is 0.117 e. The molecule has 1 atom stereocenters. The summed E-state index contributed by atoms with van der Waals surface area (Å²) in [4.78, 5) is 6.52. The zero-order valence-corrected chi connectivity index (χ0v) is 14.7. The maximum atomic E-state index is 10.6. The highest BCUT2D eigenvalue weighted by Crippen LogP contribution is 2.11. The summed E-state index contributed by atoms with van der Waals surface area (Å²) in [5.41, 5.74) is 2.98. The number of aliphatic hydroxyl groups is 1. The van der Waals surface area contributed by atoms with Crippen molar-refractivity contribution in [3.63, 3.8) is 0 Å². The quantitative estimate of drug-likeness (QED) is 0.682. The fourth-order valence-corrected chi connectivity index (χ4v) is 2.94. The van der Waals surface area contributed by atoms with E-state index in [9.17, 15) is 5.11 Å². The van der Waals surface area contributed by atoms with Crippen molar-refractivity contribution in [3.05, 3.63) is 71.7 Å². The zero-order valence-electron chi connectivity index (χ0n) is 14.7. The molecular formula is C19H24N4O2. The van der Waals surface area contributed by atoms with Crippen molar-refractivity contribution in [1.82, 2.24) is 19.7 Å². The first-order valence-electron chi connectivity index (χ1n) is 8.44. The van der Waals surface area contributed by atoms with Gasteiger partial charge < -0.3 is 9.52 Å². The molecule has 0 fully saturated rings. The Balaban J connectivity index is 1.66. The molecule has 0 amide bonds. The highest BCUT2D eigenvalue weighted by Gasteiger charge is 2.16. The standard InChI is InChI=1S/C19H24N4O2/c1-15-10-16(2)23(21-15)13-18(24)12-22(14-19-7-5-9-25-19)11-17-6-3-4-8-20-17/h3-10,18,24H,11-14H2,1-2H3/t18-/m1/s1. The van der Waals surface area contributed by atoms with Gasteiger partial charge in [-0.3, -0.25) is 14.6 Å². The summed E-state index contributed by atoms with van der Waals surface area (Å²) in [6.45, 7) is 6.21. The lowest BCUT2D eigenvalue weighted by molar-refractivity contribution is 0.0833. The molecule has 0 aromatic carbocycles. The van der Waals surface area contributed by atoms with Crippen LogP contribution in [0.15, 0.2) is 53.3 Å². The summed E-state index contributed by atoms with van der Waals surface area (Å²) in [6.07, 6.45) is 2.92. The van der Waals surface area contributed by atoms with E-state index < -0.39 is 6.10 Å². The van der Waals surface area contributed by atoms with Gasteiger partial charge >= 0.3 is 0 Å². The van der Waals surface area contributed by atoms with Gasteiger partial charge in [-0.1, -0.05) is 6.07 Å². The van der Waals surface area contributed by atoms with E-state index in [1.54, 1.807) is 12.5 Å². The Kier molecular flexibility index (Phi) is 5.63.